The third kappa shape index (κ3) is 12.9. The highest BCUT2D eigenvalue weighted by molar-refractivity contribution is 5.85. The molecule has 9 atom stereocenters. The fraction of sp³-hybridized carbons (Fsp3) is 0.902. The SMILES string of the molecule is CCCCC(F)(F)C1(O)CC[C@H]2[C@@H](CC(=O)[C@@H]2CCCCCCC(=O)O)O1.CC[C@H](C)CC(F)(F)C1(O)CC[C@H]2[C@@H](CC(=O)[C@@H]2CCCCCCC(=O)O)O1. The number of hydrogen-bond acceptors (Lipinski definition) is 8. The summed E-state index contributed by atoms with van der Waals surface area (Å²) < 4.78 is 69.1. The van der Waals surface area contributed by atoms with E-state index in [1.54, 1.807) is 6.92 Å². The highest BCUT2D eigenvalue weighted by Gasteiger charge is 2.61. The fourth-order valence-electron chi connectivity index (χ4n) is 8.99. The van der Waals surface area contributed by atoms with Crippen molar-refractivity contribution in [3.63, 3.8) is 0 Å². The molecule has 4 rings (SSSR count). The van der Waals surface area contributed by atoms with Gasteiger partial charge < -0.3 is 29.9 Å². The number of halogens is 4. The van der Waals surface area contributed by atoms with Gasteiger partial charge in [0.1, 0.15) is 11.6 Å². The number of ether oxygens (including phenoxy) is 2. The molecule has 14 heteroatoms. The largest absolute Gasteiger partial charge is 0.481 e. The van der Waals surface area contributed by atoms with Gasteiger partial charge in [0.15, 0.2) is 0 Å². The van der Waals surface area contributed by atoms with E-state index < -0.39 is 60.4 Å². The van der Waals surface area contributed by atoms with Gasteiger partial charge in [0.25, 0.3) is 0 Å². The normalized spacial score (nSPS) is 31.4. The molecule has 2 heterocycles. The molecule has 0 aromatic rings. The molecule has 0 bridgehead atoms. The summed E-state index contributed by atoms with van der Waals surface area (Å²) >= 11 is 0. The lowest BCUT2D eigenvalue weighted by molar-refractivity contribution is -0.358. The summed E-state index contributed by atoms with van der Waals surface area (Å²) in [6.07, 6.45) is 7.95. The Kier molecular flexibility index (Phi) is 18.0. The summed E-state index contributed by atoms with van der Waals surface area (Å²) in [6, 6.07) is 0. The van der Waals surface area contributed by atoms with Crippen LogP contribution in [0.2, 0.25) is 0 Å². The van der Waals surface area contributed by atoms with Crippen molar-refractivity contribution in [1.29, 1.82) is 0 Å². The molecule has 2 unspecified atom stereocenters. The van der Waals surface area contributed by atoms with Crippen LogP contribution in [0.5, 0.6) is 0 Å². The summed E-state index contributed by atoms with van der Waals surface area (Å²) in [4.78, 5) is 45.8. The highest BCUT2D eigenvalue weighted by Crippen LogP contribution is 2.51. The zero-order chi connectivity index (χ0) is 41.0. The lowest BCUT2D eigenvalue weighted by Gasteiger charge is -2.44. The molecule has 4 fully saturated rings. The van der Waals surface area contributed by atoms with E-state index in [0.717, 1.165) is 38.5 Å². The summed E-state index contributed by atoms with van der Waals surface area (Å²) in [5.41, 5.74) is 0. The van der Waals surface area contributed by atoms with Crippen LogP contribution in [0.25, 0.3) is 0 Å². The molecule has 0 radical (unpaired) electrons. The van der Waals surface area contributed by atoms with E-state index in [0.29, 0.717) is 57.8 Å². The van der Waals surface area contributed by atoms with Crippen molar-refractivity contribution in [2.24, 2.45) is 29.6 Å². The minimum absolute atomic E-state index is 0.0371. The maximum Gasteiger partial charge on any atom is 0.303 e. The molecular weight excluding hydrogens is 728 g/mol. The number of fused-ring (bicyclic) bond motifs is 2. The molecule has 0 spiro atoms. The van der Waals surface area contributed by atoms with Crippen LogP contribution >= 0.6 is 0 Å². The van der Waals surface area contributed by atoms with Crippen LogP contribution in [-0.4, -0.2) is 79.6 Å². The van der Waals surface area contributed by atoms with E-state index >= 15 is 0 Å². The van der Waals surface area contributed by atoms with Crippen molar-refractivity contribution >= 4 is 23.5 Å². The van der Waals surface area contributed by atoms with Crippen LogP contribution < -0.4 is 0 Å². The Morgan fingerprint density at radius 3 is 1.53 bits per heavy atom. The van der Waals surface area contributed by atoms with Crippen LogP contribution in [0.1, 0.15) is 168 Å². The van der Waals surface area contributed by atoms with Gasteiger partial charge in [-0.1, -0.05) is 72.1 Å². The standard InChI is InChI=1S/C21H34F2O5.C20H32F2O5/c1-3-14(2)13-20(22,23)21(27)11-10-16-15(17(24)12-18(16)28-21)8-6-4-5-7-9-19(25)26;1-2-3-11-19(21,22)20(26)12-10-15-14(16(23)13-17(15)27-20)8-6-4-5-7-9-18(24)25/h14-16,18,27H,3-13H2,1-2H3,(H,25,26);14-15,17,26H,2-13H2,1H3,(H,24,25)/t14-,15+,16+,18+,21?;14-,15-,17-,20?/m01/s1. The van der Waals surface area contributed by atoms with Crippen molar-refractivity contribution in [1.82, 2.24) is 0 Å². The minimum atomic E-state index is -3.33. The van der Waals surface area contributed by atoms with Gasteiger partial charge in [-0.05, 0) is 62.7 Å². The molecule has 2 saturated heterocycles. The summed E-state index contributed by atoms with van der Waals surface area (Å²) in [5.74, 6) is -13.9. The Morgan fingerprint density at radius 1 is 0.709 bits per heavy atom. The maximum atomic E-state index is 14.7. The highest BCUT2D eigenvalue weighted by atomic mass is 19.3. The molecule has 0 aromatic carbocycles. The van der Waals surface area contributed by atoms with Crippen molar-refractivity contribution in [3.05, 3.63) is 0 Å². The number of carboxylic acids is 2. The van der Waals surface area contributed by atoms with Crippen LogP contribution in [0.3, 0.4) is 0 Å². The first-order chi connectivity index (χ1) is 25.8. The predicted molar refractivity (Wildman–Crippen MR) is 195 cm³/mol. The number of carbonyl (C=O) groups is 4. The summed E-state index contributed by atoms with van der Waals surface area (Å²) in [5, 5.41) is 38.2. The van der Waals surface area contributed by atoms with Crippen LogP contribution in [0.15, 0.2) is 0 Å². The second kappa shape index (κ2) is 21.0. The average molecular weight is 795 g/mol. The quantitative estimate of drug-likeness (QED) is 0.0614. The Labute approximate surface area is 323 Å². The number of ketones is 2. The average Bonchev–Trinajstić information content (AvgIpc) is 3.58. The molecular formula is C41H66F4O10. The Morgan fingerprint density at radius 2 is 1.13 bits per heavy atom. The molecule has 55 heavy (non-hydrogen) atoms. The molecule has 2 saturated carbocycles. The Bertz CT molecular complexity index is 1270. The Balaban J connectivity index is 0.000000296. The number of alkyl halides is 4. The summed E-state index contributed by atoms with van der Waals surface area (Å²) in [6.45, 7) is 5.39. The van der Waals surface area contributed by atoms with Gasteiger partial charge in [-0.3, -0.25) is 19.2 Å². The van der Waals surface area contributed by atoms with Gasteiger partial charge in [0, 0.05) is 63.2 Å². The second-order valence-electron chi connectivity index (χ2n) is 16.8. The lowest BCUT2D eigenvalue weighted by atomic mass is 9.81. The lowest BCUT2D eigenvalue weighted by Crippen LogP contribution is -2.56. The van der Waals surface area contributed by atoms with Gasteiger partial charge in [0.2, 0.25) is 11.6 Å². The number of rotatable bonds is 22. The number of aliphatic hydroxyl groups is 2. The van der Waals surface area contributed by atoms with E-state index in [9.17, 15) is 47.0 Å². The molecule has 318 valence electrons. The van der Waals surface area contributed by atoms with E-state index in [-0.39, 0.29) is 79.7 Å². The van der Waals surface area contributed by atoms with Crippen molar-refractivity contribution in [3.8, 4) is 0 Å². The number of Topliss-reactive ketones (excluding diaryl/α,β-unsaturated/α-hetero) is 2. The molecule has 4 aliphatic rings. The fourth-order valence-corrected chi connectivity index (χ4v) is 8.99. The number of aliphatic carboxylic acids is 2. The first kappa shape index (κ1) is 47.2. The topological polar surface area (TPSA) is 168 Å². The van der Waals surface area contributed by atoms with Gasteiger partial charge in [0.05, 0.1) is 12.2 Å². The molecule has 2 aliphatic carbocycles. The van der Waals surface area contributed by atoms with Crippen molar-refractivity contribution < 1.29 is 66.6 Å². The third-order valence-electron chi connectivity index (χ3n) is 12.5. The monoisotopic (exact) mass is 794 g/mol. The van der Waals surface area contributed by atoms with E-state index in [1.807, 2.05) is 13.8 Å². The molecule has 2 aliphatic heterocycles. The van der Waals surface area contributed by atoms with E-state index in [1.165, 1.54) is 0 Å². The van der Waals surface area contributed by atoms with Gasteiger partial charge >= 0.3 is 23.8 Å². The van der Waals surface area contributed by atoms with Crippen LogP contribution in [-0.2, 0) is 28.7 Å². The van der Waals surface area contributed by atoms with Gasteiger partial charge in [-0.25, -0.2) is 17.6 Å². The molecule has 0 amide bonds. The molecule has 10 nitrogen and oxygen atoms in total. The van der Waals surface area contributed by atoms with E-state index in [2.05, 4.69) is 0 Å². The molecule has 4 N–H and O–H groups in total. The molecule has 0 aromatic heterocycles. The van der Waals surface area contributed by atoms with Crippen LogP contribution in [0.4, 0.5) is 17.6 Å². The third-order valence-corrected chi connectivity index (χ3v) is 12.5. The van der Waals surface area contributed by atoms with Crippen molar-refractivity contribution in [2.45, 2.75) is 204 Å². The minimum Gasteiger partial charge on any atom is -0.481 e. The number of hydrogen-bond donors (Lipinski definition) is 4. The van der Waals surface area contributed by atoms with Gasteiger partial charge in [-0.2, -0.15) is 0 Å². The number of carboxylic acid groups (broad SMARTS) is 2. The zero-order valence-corrected chi connectivity index (χ0v) is 33.1. The first-order valence-corrected chi connectivity index (χ1v) is 20.8. The number of carbonyl (C=O) groups excluding carboxylic acids is 2. The Hall–Kier alpha value is -2.16. The smallest absolute Gasteiger partial charge is 0.303 e. The summed E-state index contributed by atoms with van der Waals surface area (Å²) in [7, 11) is 0. The van der Waals surface area contributed by atoms with Crippen molar-refractivity contribution in [2.75, 3.05) is 0 Å². The maximum absolute atomic E-state index is 14.7. The predicted octanol–water partition coefficient (Wildman–Crippen LogP) is 8.87. The second-order valence-corrected chi connectivity index (χ2v) is 16.8. The first-order valence-electron chi connectivity index (χ1n) is 20.8. The van der Waals surface area contributed by atoms with E-state index in [4.69, 9.17) is 19.7 Å². The van der Waals surface area contributed by atoms with Crippen LogP contribution in [0, 0.1) is 29.6 Å². The number of unbranched alkanes of at least 4 members (excludes halogenated alkanes) is 7. The van der Waals surface area contributed by atoms with Gasteiger partial charge in [-0.15, -0.1) is 0 Å². The zero-order valence-electron chi connectivity index (χ0n) is 33.1.